The average Bonchev–Trinajstić information content (AvgIpc) is 2.52. The molecule has 1 fully saturated rings. The molecule has 1 saturated heterocycles. The molecule has 0 aromatic heterocycles. The van der Waals surface area contributed by atoms with Gasteiger partial charge in [-0.3, -0.25) is 0 Å². The minimum Gasteiger partial charge on any atom is -0.470 e. The number of hydrogen-bond acceptors (Lipinski definition) is 2. The molecule has 106 valence electrons. The molecule has 1 heterocycles. The number of nitrogens with zero attached hydrogens (tertiary/aromatic N) is 1. The molecule has 1 aliphatic heterocycles. The molecule has 0 bridgehead atoms. The smallest absolute Gasteiger partial charge is 0.203 e. The third-order valence-corrected chi connectivity index (χ3v) is 4.03. The second-order valence-corrected chi connectivity index (χ2v) is 5.65. The summed E-state index contributed by atoms with van der Waals surface area (Å²) in [6, 6.07) is 18.3. The van der Waals surface area contributed by atoms with Crippen LogP contribution in [0, 0.1) is 12.3 Å². The van der Waals surface area contributed by atoms with Crippen molar-refractivity contribution in [3.8, 4) is 0 Å². The van der Waals surface area contributed by atoms with Gasteiger partial charge < -0.3 is 4.74 Å². The van der Waals surface area contributed by atoms with Gasteiger partial charge >= 0.3 is 0 Å². The second-order valence-electron chi connectivity index (χ2n) is 5.65. The standard InChI is InChI=1S/C19H19NO/c1-4-19(3)17(15-8-6-5-7-9-15)21-18(19)20-16-12-10-14(2)11-13-16/h4-13,17H,1H2,2-3H3. The van der Waals surface area contributed by atoms with Crippen LogP contribution >= 0.6 is 0 Å². The van der Waals surface area contributed by atoms with Crippen molar-refractivity contribution < 1.29 is 4.74 Å². The first-order valence-corrected chi connectivity index (χ1v) is 7.14. The number of ether oxygens (including phenoxy) is 1. The summed E-state index contributed by atoms with van der Waals surface area (Å²) < 4.78 is 5.94. The summed E-state index contributed by atoms with van der Waals surface area (Å²) >= 11 is 0. The van der Waals surface area contributed by atoms with Crippen LogP contribution < -0.4 is 0 Å². The zero-order valence-corrected chi connectivity index (χ0v) is 12.4. The number of benzene rings is 2. The van der Waals surface area contributed by atoms with E-state index in [1.54, 1.807) is 0 Å². The fourth-order valence-corrected chi connectivity index (χ4v) is 2.53. The lowest BCUT2D eigenvalue weighted by atomic mass is 9.75. The zero-order valence-electron chi connectivity index (χ0n) is 12.4. The van der Waals surface area contributed by atoms with E-state index in [-0.39, 0.29) is 11.5 Å². The number of aliphatic imine (C=N–C) groups is 1. The molecule has 0 amide bonds. The largest absolute Gasteiger partial charge is 0.470 e. The highest BCUT2D eigenvalue weighted by atomic mass is 16.5. The zero-order chi connectivity index (χ0) is 14.9. The highest BCUT2D eigenvalue weighted by molar-refractivity contribution is 5.92. The molecule has 0 saturated carbocycles. The summed E-state index contributed by atoms with van der Waals surface area (Å²) in [6.07, 6.45) is 1.92. The van der Waals surface area contributed by atoms with E-state index in [1.807, 2.05) is 36.4 Å². The van der Waals surface area contributed by atoms with Crippen LogP contribution in [0.5, 0.6) is 0 Å². The molecular weight excluding hydrogens is 258 g/mol. The highest BCUT2D eigenvalue weighted by Crippen LogP contribution is 2.49. The van der Waals surface area contributed by atoms with Crippen LogP contribution in [-0.2, 0) is 4.74 Å². The van der Waals surface area contributed by atoms with Crippen LogP contribution in [0.25, 0.3) is 0 Å². The van der Waals surface area contributed by atoms with E-state index in [4.69, 9.17) is 4.74 Å². The van der Waals surface area contributed by atoms with Gasteiger partial charge in [-0.15, -0.1) is 6.58 Å². The first kappa shape index (κ1) is 13.6. The van der Waals surface area contributed by atoms with E-state index in [0.717, 1.165) is 17.1 Å². The fourth-order valence-electron chi connectivity index (χ4n) is 2.53. The van der Waals surface area contributed by atoms with Gasteiger partial charge in [0.25, 0.3) is 0 Å². The third kappa shape index (κ3) is 2.38. The Labute approximate surface area is 125 Å². The number of aryl methyl sites for hydroxylation is 1. The number of hydrogen-bond donors (Lipinski definition) is 0. The molecule has 0 N–H and O–H groups in total. The average molecular weight is 277 g/mol. The van der Waals surface area contributed by atoms with Gasteiger partial charge in [-0.25, -0.2) is 4.99 Å². The van der Waals surface area contributed by atoms with Crippen molar-refractivity contribution >= 4 is 11.6 Å². The summed E-state index contributed by atoms with van der Waals surface area (Å²) in [4.78, 5) is 4.63. The van der Waals surface area contributed by atoms with E-state index in [1.165, 1.54) is 5.56 Å². The van der Waals surface area contributed by atoms with Gasteiger partial charge in [-0.1, -0.05) is 54.1 Å². The van der Waals surface area contributed by atoms with E-state index in [2.05, 4.69) is 49.7 Å². The fraction of sp³-hybridized carbons (Fsp3) is 0.211. The van der Waals surface area contributed by atoms with Gasteiger partial charge in [0.05, 0.1) is 5.69 Å². The summed E-state index contributed by atoms with van der Waals surface area (Å²) in [5, 5.41) is 0. The molecule has 2 nitrogen and oxygen atoms in total. The Morgan fingerprint density at radius 3 is 2.38 bits per heavy atom. The van der Waals surface area contributed by atoms with E-state index in [0.29, 0.717) is 0 Å². The second kappa shape index (κ2) is 5.21. The summed E-state index contributed by atoms with van der Waals surface area (Å²) in [5.74, 6) is 0.732. The molecule has 2 heteroatoms. The van der Waals surface area contributed by atoms with Gasteiger partial charge in [0, 0.05) is 0 Å². The van der Waals surface area contributed by atoms with Gasteiger partial charge in [0.15, 0.2) is 0 Å². The molecule has 2 atom stereocenters. The molecule has 1 aliphatic rings. The Morgan fingerprint density at radius 1 is 1.10 bits per heavy atom. The Balaban J connectivity index is 1.89. The van der Waals surface area contributed by atoms with Crippen LogP contribution in [0.1, 0.15) is 24.2 Å². The predicted octanol–water partition coefficient (Wildman–Crippen LogP) is 4.99. The van der Waals surface area contributed by atoms with Crippen molar-refractivity contribution in [3.63, 3.8) is 0 Å². The Morgan fingerprint density at radius 2 is 1.76 bits per heavy atom. The maximum absolute atomic E-state index is 5.94. The molecule has 0 aliphatic carbocycles. The van der Waals surface area contributed by atoms with Crippen molar-refractivity contribution in [2.45, 2.75) is 20.0 Å². The van der Waals surface area contributed by atoms with Crippen molar-refractivity contribution in [1.82, 2.24) is 0 Å². The third-order valence-electron chi connectivity index (χ3n) is 4.03. The van der Waals surface area contributed by atoms with Gasteiger partial charge in [-0.2, -0.15) is 0 Å². The van der Waals surface area contributed by atoms with Crippen LogP contribution in [0.15, 0.2) is 72.2 Å². The molecule has 0 radical (unpaired) electrons. The predicted molar refractivity (Wildman–Crippen MR) is 86.8 cm³/mol. The first-order chi connectivity index (χ1) is 10.1. The molecule has 3 rings (SSSR count). The molecule has 2 aromatic rings. The minimum absolute atomic E-state index is 0.0135. The van der Waals surface area contributed by atoms with E-state index in [9.17, 15) is 0 Å². The van der Waals surface area contributed by atoms with Gasteiger partial charge in [-0.05, 0) is 31.5 Å². The maximum atomic E-state index is 5.94. The molecular formula is C19H19NO. The molecule has 2 unspecified atom stereocenters. The lowest BCUT2D eigenvalue weighted by Crippen LogP contribution is -2.47. The molecule has 21 heavy (non-hydrogen) atoms. The first-order valence-electron chi connectivity index (χ1n) is 7.14. The van der Waals surface area contributed by atoms with E-state index >= 15 is 0 Å². The normalized spacial score (nSPS) is 26.0. The Bertz CT molecular complexity index is 672. The Kier molecular flexibility index (Phi) is 3.38. The lowest BCUT2D eigenvalue weighted by Gasteiger charge is -2.46. The van der Waals surface area contributed by atoms with Crippen molar-refractivity contribution in [2.75, 3.05) is 0 Å². The summed E-state index contributed by atoms with van der Waals surface area (Å²) in [5.41, 5.74) is 3.03. The van der Waals surface area contributed by atoms with Crippen LogP contribution in [-0.4, -0.2) is 5.90 Å². The van der Waals surface area contributed by atoms with Crippen molar-refractivity contribution in [3.05, 3.63) is 78.4 Å². The quantitative estimate of drug-likeness (QED) is 0.724. The van der Waals surface area contributed by atoms with Gasteiger partial charge in [0.2, 0.25) is 5.90 Å². The topological polar surface area (TPSA) is 21.6 Å². The summed E-state index contributed by atoms with van der Waals surface area (Å²) in [6.45, 7) is 8.16. The molecule has 0 spiro atoms. The van der Waals surface area contributed by atoms with Crippen LogP contribution in [0.2, 0.25) is 0 Å². The lowest BCUT2D eigenvalue weighted by molar-refractivity contribution is 0.0196. The van der Waals surface area contributed by atoms with Crippen LogP contribution in [0.3, 0.4) is 0 Å². The molecule has 2 aromatic carbocycles. The SMILES string of the molecule is C=CC1(C)C(=Nc2ccc(C)cc2)OC1c1ccccc1. The summed E-state index contributed by atoms with van der Waals surface area (Å²) in [7, 11) is 0. The van der Waals surface area contributed by atoms with Gasteiger partial charge in [0.1, 0.15) is 11.5 Å². The van der Waals surface area contributed by atoms with Crippen molar-refractivity contribution in [2.24, 2.45) is 10.4 Å². The van der Waals surface area contributed by atoms with Crippen molar-refractivity contribution in [1.29, 1.82) is 0 Å². The number of rotatable bonds is 3. The van der Waals surface area contributed by atoms with E-state index < -0.39 is 0 Å². The maximum Gasteiger partial charge on any atom is 0.203 e. The minimum atomic E-state index is -0.258. The van der Waals surface area contributed by atoms with Crippen LogP contribution in [0.4, 0.5) is 5.69 Å². The monoisotopic (exact) mass is 277 g/mol. The highest BCUT2D eigenvalue weighted by Gasteiger charge is 2.50. The Hall–Kier alpha value is -2.35.